The van der Waals surface area contributed by atoms with Crippen molar-refractivity contribution in [2.45, 2.75) is 20.4 Å². The predicted octanol–water partition coefficient (Wildman–Crippen LogP) is 3.02. The Morgan fingerprint density at radius 2 is 1.95 bits per heavy atom. The lowest BCUT2D eigenvalue weighted by Crippen LogP contribution is -2.00. The molecule has 3 rings (SSSR count). The molecule has 0 fully saturated rings. The molecule has 0 N–H and O–H groups in total. The molecular formula is C16H15N3O2. The summed E-state index contributed by atoms with van der Waals surface area (Å²) in [4.78, 5) is 19.3. The number of imidazole rings is 1. The van der Waals surface area contributed by atoms with E-state index in [1.54, 1.807) is 12.5 Å². The number of aldehydes is 1. The van der Waals surface area contributed by atoms with Gasteiger partial charge in [0.2, 0.25) is 5.89 Å². The van der Waals surface area contributed by atoms with E-state index in [1.165, 1.54) is 5.56 Å². The van der Waals surface area contributed by atoms with Crippen LogP contribution in [0.4, 0.5) is 0 Å². The van der Waals surface area contributed by atoms with Crippen LogP contribution < -0.4 is 0 Å². The first-order valence-electron chi connectivity index (χ1n) is 6.66. The van der Waals surface area contributed by atoms with E-state index in [-0.39, 0.29) is 0 Å². The maximum Gasteiger partial charge on any atom is 0.226 e. The molecule has 5 heteroatoms. The zero-order valence-corrected chi connectivity index (χ0v) is 11.9. The molecule has 0 aliphatic heterocycles. The van der Waals surface area contributed by atoms with E-state index < -0.39 is 0 Å². The SMILES string of the molecule is Cc1ccc(-c2nc(Cn3cc(C=O)nc3C)co2)cc1. The Bertz CT molecular complexity index is 769. The number of hydrogen-bond donors (Lipinski definition) is 0. The maximum atomic E-state index is 10.7. The second-order valence-electron chi connectivity index (χ2n) is 4.97. The van der Waals surface area contributed by atoms with E-state index in [4.69, 9.17) is 4.42 Å². The summed E-state index contributed by atoms with van der Waals surface area (Å²) in [6.07, 6.45) is 4.09. The third-order valence-electron chi connectivity index (χ3n) is 3.30. The second kappa shape index (κ2) is 5.36. The Balaban J connectivity index is 1.83. The molecule has 2 heterocycles. The molecule has 0 saturated carbocycles. The average molecular weight is 281 g/mol. The zero-order chi connectivity index (χ0) is 14.8. The standard InChI is InChI=1S/C16H15N3O2/c1-11-3-5-13(6-4-11)16-18-15(10-21-16)8-19-7-14(9-20)17-12(19)2/h3-7,9-10H,8H2,1-2H3. The van der Waals surface area contributed by atoms with Gasteiger partial charge < -0.3 is 8.98 Å². The normalized spacial score (nSPS) is 10.8. The highest BCUT2D eigenvalue weighted by atomic mass is 16.3. The molecule has 0 aliphatic rings. The molecule has 0 amide bonds. The van der Waals surface area contributed by atoms with Crippen LogP contribution in [-0.4, -0.2) is 20.8 Å². The fourth-order valence-electron chi connectivity index (χ4n) is 2.13. The number of hydrogen-bond acceptors (Lipinski definition) is 4. The Hall–Kier alpha value is -2.69. The molecule has 5 nitrogen and oxygen atoms in total. The second-order valence-corrected chi connectivity index (χ2v) is 4.97. The van der Waals surface area contributed by atoms with Gasteiger partial charge in [0, 0.05) is 11.8 Å². The summed E-state index contributed by atoms with van der Waals surface area (Å²) in [5, 5.41) is 0. The van der Waals surface area contributed by atoms with Gasteiger partial charge in [0.15, 0.2) is 6.29 Å². The number of aromatic nitrogens is 3. The Morgan fingerprint density at radius 3 is 2.62 bits per heavy atom. The van der Waals surface area contributed by atoms with Gasteiger partial charge in [0.05, 0.1) is 12.2 Å². The Morgan fingerprint density at radius 1 is 1.19 bits per heavy atom. The molecule has 2 aromatic heterocycles. The summed E-state index contributed by atoms with van der Waals surface area (Å²) in [5.74, 6) is 1.37. The van der Waals surface area contributed by atoms with Gasteiger partial charge in [0.1, 0.15) is 17.8 Å². The van der Waals surface area contributed by atoms with E-state index >= 15 is 0 Å². The highest BCUT2D eigenvalue weighted by Gasteiger charge is 2.09. The summed E-state index contributed by atoms with van der Waals surface area (Å²) in [6.45, 7) is 4.42. The van der Waals surface area contributed by atoms with Gasteiger partial charge >= 0.3 is 0 Å². The summed E-state index contributed by atoms with van der Waals surface area (Å²) < 4.78 is 7.40. The minimum Gasteiger partial charge on any atom is -0.444 e. The summed E-state index contributed by atoms with van der Waals surface area (Å²) in [5.41, 5.74) is 3.36. The smallest absolute Gasteiger partial charge is 0.226 e. The molecule has 0 bridgehead atoms. The summed E-state index contributed by atoms with van der Waals surface area (Å²) in [6, 6.07) is 8.01. The van der Waals surface area contributed by atoms with Crippen LogP contribution in [0.5, 0.6) is 0 Å². The van der Waals surface area contributed by atoms with Crippen LogP contribution in [0.25, 0.3) is 11.5 Å². The van der Waals surface area contributed by atoms with Gasteiger partial charge in [-0.25, -0.2) is 9.97 Å². The van der Waals surface area contributed by atoms with Crippen LogP contribution in [-0.2, 0) is 6.54 Å². The lowest BCUT2D eigenvalue weighted by Gasteiger charge is -2.00. The van der Waals surface area contributed by atoms with Crippen LogP contribution in [0, 0.1) is 13.8 Å². The van der Waals surface area contributed by atoms with E-state index in [2.05, 4.69) is 9.97 Å². The maximum absolute atomic E-state index is 10.7. The first-order valence-corrected chi connectivity index (χ1v) is 6.66. The monoisotopic (exact) mass is 281 g/mol. The molecule has 106 valence electrons. The molecule has 0 spiro atoms. The van der Waals surface area contributed by atoms with Gasteiger partial charge in [0.25, 0.3) is 0 Å². The van der Waals surface area contributed by atoms with Crippen LogP contribution in [0.1, 0.15) is 27.6 Å². The minimum atomic E-state index is 0.426. The van der Waals surface area contributed by atoms with Crippen molar-refractivity contribution < 1.29 is 9.21 Å². The zero-order valence-electron chi connectivity index (χ0n) is 11.9. The third kappa shape index (κ3) is 2.76. The number of rotatable bonds is 4. The molecule has 0 aliphatic carbocycles. The van der Waals surface area contributed by atoms with Crippen LogP contribution in [0.2, 0.25) is 0 Å². The summed E-state index contributed by atoms with van der Waals surface area (Å²) >= 11 is 0. The van der Waals surface area contributed by atoms with Crippen molar-refractivity contribution in [2.75, 3.05) is 0 Å². The lowest BCUT2D eigenvalue weighted by atomic mass is 10.1. The van der Waals surface area contributed by atoms with Crippen molar-refractivity contribution >= 4 is 6.29 Å². The Labute approximate surface area is 122 Å². The number of benzene rings is 1. The van der Waals surface area contributed by atoms with Crippen molar-refractivity contribution in [3.8, 4) is 11.5 Å². The van der Waals surface area contributed by atoms with Crippen LogP contribution in [0.15, 0.2) is 41.1 Å². The van der Waals surface area contributed by atoms with Crippen molar-refractivity contribution in [3.63, 3.8) is 0 Å². The van der Waals surface area contributed by atoms with Crippen molar-refractivity contribution in [1.29, 1.82) is 0 Å². The van der Waals surface area contributed by atoms with Gasteiger partial charge in [-0.15, -0.1) is 0 Å². The molecule has 0 unspecified atom stereocenters. The fraction of sp³-hybridized carbons (Fsp3) is 0.188. The van der Waals surface area contributed by atoms with Crippen molar-refractivity contribution in [1.82, 2.24) is 14.5 Å². The minimum absolute atomic E-state index is 0.426. The Kier molecular flexibility index (Phi) is 3.39. The molecule has 0 saturated heterocycles. The van der Waals surface area contributed by atoms with Crippen LogP contribution in [0.3, 0.4) is 0 Å². The number of aryl methyl sites for hydroxylation is 2. The average Bonchev–Trinajstić information content (AvgIpc) is 3.08. The molecule has 3 aromatic rings. The molecule has 0 atom stereocenters. The van der Waals surface area contributed by atoms with Gasteiger partial charge in [-0.3, -0.25) is 4.79 Å². The van der Waals surface area contributed by atoms with E-state index in [1.807, 2.05) is 42.7 Å². The number of carbonyl (C=O) groups excluding carboxylic acids is 1. The molecular weight excluding hydrogens is 266 g/mol. The first kappa shape index (κ1) is 13.3. The first-order chi connectivity index (χ1) is 10.2. The molecule has 1 aromatic carbocycles. The molecule has 21 heavy (non-hydrogen) atoms. The fourth-order valence-corrected chi connectivity index (χ4v) is 2.13. The highest BCUT2D eigenvalue weighted by molar-refractivity contribution is 5.71. The largest absolute Gasteiger partial charge is 0.444 e. The highest BCUT2D eigenvalue weighted by Crippen LogP contribution is 2.19. The van der Waals surface area contributed by atoms with E-state index in [0.717, 1.165) is 23.4 Å². The van der Waals surface area contributed by atoms with Gasteiger partial charge in [-0.1, -0.05) is 17.7 Å². The number of nitrogens with zero attached hydrogens (tertiary/aromatic N) is 3. The van der Waals surface area contributed by atoms with Crippen LogP contribution >= 0.6 is 0 Å². The van der Waals surface area contributed by atoms with E-state index in [0.29, 0.717) is 18.1 Å². The lowest BCUT2D eigenvalue weighted by molar-refractivity contribution is 0.111. The quantitative estimate of drug-likeness (QED) is 0.690. The van der Waals surface area contributed by atoms with E-state index in [9.17, 15) is 4.79 Å². The van der Waals surface area contributed by atoms with Crippen molar-refractivity contribution in [3.05, 3.63) is 59.5 Å². The topological polar surface area (TPSA) is 60.9 Å². The van der Waals surface area contributed by atoms with Gasteiger partial charge in [-0.2, -0.15) is 0 Å². The molecule has 0 radical (unpaired) electrons. The van der Waals surface area contributed by atoms with Gasteiger partial charge in [-0.05, 0) is 26.0 Å². The van der Waals surface area contributed by atoms with Crippen molar-refractivity contribution in [2.24, 2.45) is 0 Å². The predicted molar refractivity (Wildman–Crippen MR) is 78.1 cm³/mol. The number of oxazole rings is 1. The number of carbonyl (C=O) groups is 1. The summed E-state index contributed by atoms with van der Waals surface area (Å²) in [7, 11) is 0. The third-order valence-corrected chi connectivity index (χ3v) is 3.30.